The second-order valence-electron chi connectivity index (χ2n) is 2.99. The van der Waals surface area contributed by atoms with E-state index >= 15 is 0 Å². The Labute approximate surface area is 96.2 Å². The van der Waals surface area contributed by atoms with E-state index in [4.69, 9.17) is 9.47 Å². The van der Waals surface area contributed by atoms with Crippen molar-refractivity contribution in [3.05, 3.63) is 28.9 Å². The third kappa shape index (κ3) is 1.65. The average Bonchev–Trinajstić information content (AvgIpc) is 2.28. The summed E-state index contributed by atoms with van der Waals surface area (Å²) in [7, 11) is 3.27. The number of hydrogen-bond donors (Lipinski definition) is 0. The normalized spacial score (nSPS) is 10.3. The van der Waals surface area contributed by atoms with Gasteiger partial charge in [0.2, 0.25) is 0 Å². The first-order chi connectivity index (χ1) is 7.27. The summed E-state index contributed by atoms with van der Waals surface area (Å²) in [6, 6.07) is 5.68. The van der Waals surface area contributed by atoms with E-state index in [0.29, 0.717) is 0 Å². The maximum Gasteiger partial charge on any atom is 0.146 e. The summed E-state index contributed by atoms with van der Waals surface area (Å²) < 4.78 is 11.4. The first kappa shape index (κ1) is 10.2. The molecule has 0 atom stereocenters. The maximum absolute atomic E-state index is 5.32. The molecule has 78 valence electrons. The van der Waals surface area contributed by atoms with Gasteiger partial charge in [0.25, 0.3) is 0 Å². The van der Waals surface area contributed by atoms with Crippen molar-refractivity contribution in [3.63, 3.8) is 0 Å². The molecule has 0 radical (unpaired) electrons. The monoisotopic (exact) mass is 267 g/mol. The number of nitrogens with zero attached hydrogens (tertiary/aromatic N) is 1. The Kier molecular flexibility index (Phi) is 2.77. The van der Waals surface area contributed by atoms with Gasteiger partial charge in [-0.25, -0.2) is 0 Å². The molecule has 0 spiro atoms. The SMILES string of the molecule is COc1c(Br)cc(OC)c2ncccc12. The van der Waals surface area contributed by atoms with E-state index in [1.807, 2.05) is 18.2 Å². The van der Waals surface area contributed by atoms with Crippen LogP contribution in [0, 0.1) is 0 Å². The topological polar surface area (TPSA) is 31.4 Å². The second-order valence-corrected chi connectivity index (χ2v) is 3.85. The fourth-order valence-electron chi connectivity index (χ4n) is 1.53. The van der Waals surface area contributed by atoms with Crippen LogP contribution in [0.1, 0.15) is 0 Å². The molecule has 0 saturated heterocycles. The Balaban J connectivity index is 2.86. The van der Waals surface area contributed by atoms with Gasteiger partial charge in [-0.15, -0.1) is 0 Å². The van der Waals surface area contributed by atoms with Gasteiger partial charge in [0.05, 0.1) is 18.7 Å². The van der Waals surface area contributed by atoms with Gasteiger partial charge in [-0.05, 0) is 28.1 Å². The predicted octanol–water partition coefficient (Wildman–Crippen LogP) is 3.01. The highest BCUT2D eigenvalue weighted by molar-refractivity contribution is 9.10. The minimum Gasteiger partial charge on any atom is -0.495 e. The Morgan fingerprint density at radius 1 is 1.27 bits per heavy atom. The molecule has 0 aliphatic heterocycles. The van der Waals surface area contributed by atoms with Crippen LogP contribution >= 0.6 is 15.9 Å². The van der Waals surface area contributed by atoms with Crippen LogP contribution < -0.4 is 9.47 Å². The van der Waals surface area contributed by atoms with Crippen LogP contribution in [0.5, 0.6) is 11.5 Å². The number of fused-ring (bicyclic) bond motifs is 1. The Bertz CT molecular complexity index is 499. The summed E-state index contributed by atoms with van der Waals surface area (Å²) in [6.45, 7) is 0. The number of hydrogen-bond acceptors (Lipinski definition) is 3. The molecule has 15 heavy (non-hydrogen) atoms. The highest BCUT2D eigenvalue weighted by atomic mass is 79.9. The van der Waals surface area contributed by atoms with Crippen LogP contribution in [-0.2, 0) is 0 Å². The van der Waals surface area contributed by atoms with E-state index in [0.717, 1.165) is 26.9 Å². The predicted molar refractivity (Wildman–Crippen MR) is 62.5 cm³/mol. The largest absolute Gasteiger partial charge is 0.495 e. The zero-order valence-corrected chi connectivity index (χ0v) is 10.0. The summed E-state index contributed by atoms with van der Waals surface area (Å²) >= 11 is 3.44. The van der Waals surface area contributed by atoms with Crippen molar-refractivity contribution >= 4 is 26.8 Å². The van der Waals surface area contributed by atoms with Crippen LogP contribution in [0.25, 0.3) is 10.9 Å². The highest BCUT2D eigenvalue weighted by Gasteiger charge is 2.11. The molecule has 2 rings (SSSR count). The second kappa shape index (κ2) is 4.06. The minimum atomic E-state index is 0.735. The van der Waals surface area contributed by atoms with E-state index in [1.165, 1.54) is 0 Å². The van der Waals surface area contributed by atoms with Gasteiger partial charge in [0.1, 0.15) is 17.0 Å². The smallest absolute Gasteiger partial charge is 0.146 e. The maximum atomic E-state index is 5.32. The number of pyridine rings is 1. The van der Waals surface area contributed by atoms with E-state index in [1.54, 1.807) is 20.4 Å². The highest BCUT2D eigenvalue weighted by Crippen LogP contribution is 2.38. The van der Waals surface area contributed by atoms with E-state index in [9.17, 15) is 0 Å². The molecular formula is C11H10BrNO2. The summed E-state index contributed by atoms with van der Waals surface area (Å²) in [5, 5.41) is 0.936. The van der Waals surface area contributed by atoms with E-state index in [-0.39, 0.29) is 0 Å². The zero-order chi connectivity index (χ0) is 10.8. The van der Waals surface area contributed by atoms with Gasteiger partial charge in [-0.3, -0.25) is 4.98 Å². The van der Waals surface area contributed by atoms with Crippen LogP contribution in [-0.4, -0.2) is 19.2 Å². The van der Waals surface area contributed by atoms with Crippen molar-refractivity contribution in [2.75, 3.05) is 14.2 Å². The number of methoxy groups -OCH3 is 2. The van der Waals surface area contributed by atoms with E-state index in [2.05, 4.69) is 20.9 Å². The summed E-state index contributed by atoms with van der Waals surface area (Å²) in [5.41, 5.74) is 0.806. The van der Waals surface area contributed by atoms with Gasteiger partial charge in [0.15, 0.2) is 0 Å². The molecule has 1 aromatic heterocycles. The minimum absolute atomic E-state index is 0.735. The Morgan fingerprint density at radius 3 is 2.73 bits per heavy atom. The molecule has 1 heterocycles. The zero-order valence-electron chi connectivity index (χ0n) is 8.45. The van der Waals surface area contributed by atoms with Crippen molar-refractivity contribution in [2.24, 2.45) is 0 Å². The lowest BCUT2D eigenvalue weighted by molar-refractivity contribution is 0.407. The van der Waals surface area contributed by atoms with Crippen molar-refractivity contribution in [1.29, 1.82) is 0 Å². The van der Waals surface area contributed by atoms with Gasteiger partial charge < -0.3 is 9.47 Å². The van der Waals surface area contributed by atoms with Gasteiger partial charge in [0, 0.05) is 17.6 Å². The lowest BCUT2D eigenvalue weighted by Crippen LogP contribution is -1.92. The van der Waals surface area contributed by atoms with Crippen molar-refractivity contribution < 1.29 is 9.47 Å². The molecule has 0 N–H and O–H groups in total. The number of halogens is 1. The lowest BCUT2D eigenvalue weighted by atomic mass is 10.2. The van der Waals surface area contributed by atoms with Gasteiger partial charge in [-0.1, -0.05) is 0 Å². The Hall–Kier alpha value is -1.29. The van der Waals surface area contributed by atoms with Crippen molar-refractivity contribution in [2.45, 2.75) is 0 Å². The third-order valence-electron chi connectivity index (χ3n) is 2.18. The molecule has 1 aromatic carbocycles. The van der Waals surface area contributed by atoms with Crippen molar-refractivity contribution in [3.8, 4) is 11.5 Å². The van der Waals surface area contributed by atoms with Gasteiger partial charge >= 0.3 is 0 Å². The average molecular weight is 268 g/mol. The van der Waals surface area contributed by atoms with E-state index < -0.39 is 0 Å². The molecular weight excluding hydrogens is 258 g/mol. The standard InChI is InChI=1S/C11H10BrNO2/c1-14-9-6-8(12)11(15-2)7-4-3-5-13-10(7)9/h3-6H,1-2H3. The molecule has 2 aromatic rings. The molecule has 4 heteroatoms. The third-order valence-corrected chi connectivity index (χ3v) is 2.77. The lowest BCUT2D eigenvalue weighted by Gasteiger charge is -2.10. The number of benzene rings is 1. The molecule has 0 fully saturated rings. The fraction of sp³-hybridized carbons (Fsp3) is 0.182. The van der Waals surface area contributed by atoms with Gasteiger partial charge in [-0.2, -0.15) is 0 Å². The van der Waals surface area contributed by atoms with Crippen LogP contribution in [0.3, 0.4) is 0 Å². The van der Waals surface area contributed by atoms with Crippen LogP contribution in [0.15, 0.2) is 28.9 Å². The number of rotatable bonds is 2. The molecule has 0 bridgehead atoms. The summed E-state index contributed by atoms with van der Waals surface area (Å²) in [6.07, 6.45) is 1.73. The van der Waals surface area contributed by atoms with Crippen LogP contribution in [0.2, 0.25) is 0 Å². The molecule has 0 unspecified atom stereocenters. The van der Waals surface area contributed by atoms with Crippen molar-refractivity contribution in [1.82, 2.24) is 4.98 Å². The first-order valence-electron chi connectivity index (χ1n) is 4.43. The first-order valence-corrected chi connectivity index (χ1v) is 5.22. The van der Waals surface area contributed by atoms with Crippen LogP contribution in [0.4, 0.5) is 0 Å². The number of aromatic nitrogens is 1. The molecule has 0 aliphatic rings. The molecule has 0 amide bonds. The molecule has 0 aliphatic carbocycles. The Morgan fingerprint density at radius 2 is 2.07 bits per heavy atom. The fourth-order valence-corrected chi connectivity index (χ4v) is 2.11. The number of ether oxygens (including phenoxy) is 2. The molecule has 0 saturated carbocycles. The molecule has 3 nitrogen and oxygen atoms in total. The quantitative estimate of drug-likeness (QED) is 0.838. The summed E-state index contributed by atoms with van der Waals surface area (Å²) in [4.78, 5) is 4.28. The summed E-state index contributed by atoms with van der Waals surface area (Å²) in [5.74, 6) is 1.51.